The molecule has 1 nitrogen and oxygen atoms in total. The van der Waals surface area contributed by atoms with E-state index in [2.05, 4.69) is 0 Å². The molecule has 3 heteroatoms. The molecule has 88 valence electrons. The Bertz CT molecular complexity index is 535. The lowest BCUT2D eigenvalue weighted by Crippen LogP contribution is -2.06. The van der Waals surface area contributed by atoms with Gasteiger partial charge in [0.05, 0.1) is 10.0 Å². The van der Waals surface area contributed by atoms with Crippen LogP contribution in [0, 0.1) is 0 Å². The summed E-state index contributed by atoms with van der Waals surface area (Å²) < 4.78 is 0. The van der Waals surface area contributed by atoms with E-state index in [0.29, 0.717) is 10.0 Å². The van der Waals surface area contributed by atoms with Crippen molar-refractivity contribution in [1.82, 2.24) is 0 Å². The molecule has 0 saturated heterocycles. The van der Waals surface area contributed by atoms with Gasteiger partial charge in [-0.05, 0) is 24.1 Å². The van der Waals surface area contributed by atoms with Gasteiger partial charge in [-0.15, -0.1) is 0 Å². The summed E-state index contributed by atoms with van der Waals surface area (Å²) in [6.45, 7) is 1.96. The van der Waals surface area contributed by atoms with Crippen molar-refractivity contribution in [3.8, 4) is 11.1 Å². The predicted octanol–water partition coefficient (Wildman–Crippen LogP) is 4.68. The van der Waals surface area contributed by atoms with Crippen LogP contribution in [0.5, 0.6) is 0 Å². The summed E-state index contributed by atoms with van der Waals surface area (Å²) in [5, 5.41) is 1.13. The SMILES string of the molecule is CC(N)c1ccccc1-c1cccc(Cl)c1Cl. The van der Waals surface area contributed by atoms with Gasteiger partial charge in [-0.25, -0.2) is 0 Å². The molecule has 0 aliphatic rings. The quantitative estimate of drug-likeness (QED) is 0.839. The maximum atomic E-state index is 6.23. The first-order valence-electron chi connectivity index (χ1n) is 5.40. The van der Waals surface area contributed by atoms with Crippen molar-refractivity contribution < 1.29 is 0 Å². The highest BCUT2D eigenvalue weighted by Crippen LogP contribution is 2.36. The van der Waals surface area contributed by atoms with E-state index in [1.54, 1.807) is 6.07 Å². The van der Waals surface area contributed by atoms with Crippen LogP contribution in [-0.4, -0.2) is 0 Å². The standard InChI is InChI=1S/C14H13Cl2N/c1-9(17)10-5-2-3-6-11(10)12-7-4-8-13(15)14(12)16/h2-9H,17H2,1H3. The van der Waals surface area contributed by atoms with E-state index >= 15 is 0 Å². The largest absolute Gasteiger partial charge is 0.324 e. The summed E-state index contributed by atoms with van der Waals surface area (Å²) in [4.78, 5) is 0. The average molecular weight is 266 g/mol. The smallest absolute Gasteiger partial charge is 0.0670 e. The van der Waals surface area contributed by atoms with Crippen molar-refractivity contribution in [1.29, 1.82) is 0 Å². The molecule has 1 unspecified atom stereocenters. The highest BCUT2D eigenvalue weighted by atomic mass is 35.5. The fraction of sp³-hybridized carbons (Fsp3) is 0.143. The van der Waals surface area contributed by atoms with Gasteiger partial charge in [-0.2, -0.15) is 0 Å². The molecule has 0 heterocycles. The van der Waals surface area contributed by atoms with Crippen LogP contribution in [0.2, 0.25) is 10.0 Å². The number of hydrogen-bond acceptors (Lipinski definition) is 1. The van der Waals surface area contributed by atoms with Gasteiger partial charge in [0.2, 0.25) is 0 Å². The molecule has 1 atom stereocenters. The lowest BCUT2D eigenvalue weighted by Gasteiger charge is -2.14. The van der Waals surface area contributed by atoms with E-state index in [-0.39, 0.29) is 6.04 Å². The van der Waals surface area contributed by atoms with E-state index in [0.717, 1.165) is 16.7 Å². The van der Waals surface area contributed by atoms with Gasteiger partial charge in [0.25, 0.3) is 0 Å². The Labute approximate surface area is 111 Å². The Morgan fingerprint density at radius 2 is 1.59 bits per heavy atom. The molecule has 0 fully saturated rings. The van der Waals surface area contributed by atoms with Gasteiger partial charge in [0, 0.05) is 11.6 Å². The van der Waals surface area contributed by atoms with Crippen LogP contribution in [0.1, 0.15) is 18.5 Å². The van der Waals surface area contributed by atoms with Gasteiger partial charge in [0.1, 0.15) is 0 Å². The lowest BCUT2D eigenvalue weighted by atomic mass is 9.96. The van der Waals surface area contributed by atoms with E-state index in [1.807, 2.05) is 43.3 Å². The number of nitrogens with two attached hydrogens (primary N) is 1. The minimum Gasteiger partial charge on any atom is -0.324 e. The van der Waals surface area contributed by atoms with Crippen molar-refractivity contribution in [2.45, 2.75) is 13.0 Å². The molecular formula is C14H13Cl2N. The molecule has 17 heavy (non-hydrogen) atoms. The van der Waals surface area contributed by atoms with Crippen LogP contribution in [0.25, 0.3) is 11.1 Å². The van der Waals surface area contributed by atoms with Gasteiger partial charge in [-0.1, -0.05) is 59.6 Å². The van der Waals surface area contributed by atoms with E-state index in [9.17, 15) is 0 Å². The van der Waals surface area contributed by atoms with Crippen LogP contribution in [0.3, 0.4) is 0 Å². The monoisotopic (exact) mass is 265 g/mol. The Balaban J connectivity index is 2.64. The molecule has 0 saturated carbocycles. The molecule has 2 aromatic rings. The highest BCUT2D eigenvalue weighted by molar-refractivity contribution is 6.43. The van der Waals surface area contributed by atoms with Crippen molar-refractivity contribution in [3.05, 3.63) is 58.1 Å². The Hall–Kier alpha value is -1.02. The Morgan fingerprint density at radius 1 is 0.941 bits per heavy atom. The second kappa shape index (κ2) is 5.09. The normalized spacial score (nSPS) is 12.5. The molecular weight excluding hydrogens is 253 g/mol. The summed E-state index contributed by atoms with van der Waals surface area (Å²) in [7, 11) is 0. The Kier molecular flexibility index (Phi) is 3.72. The second-order valence-electron chi connectivity index (χ2n) is 3.98. The van der Waals surface area contributed by atoms with Crippen LogP contribution < -0.4 is 5.73 Å². The molecule has 2 aromatic carbocycles. The van der Waals surface area contributed by atoms with Gasteiger partial charge in [-0.3, -0.25) is 0 Å². The maximum absolute atomic E-state index is 6.23. The summed E-state index contributed by atoms with van der Waals surface area (Å²) in [5.41, 5.74) is 8.99. The molecule has 0 aliphatic heterocycles. The Morgan fingerprint density at radius 3 is 2.29 bits per heavy atom. The van der Waals surface area contributed by atoms with Crippen molar-refractivity contribution in [2.24, 2.45) is 5.73 Å². The maximum Gasteiger partial charge on any atom is 0.0670 e. The number of benzene rings is 2. The summed E-state index contributed by atoms with van der Waals surface area (Å²) >= 11 is 12.3. The topological polar surface area (TPSA) is 26.0 Å². The van der Waals surface area contributed by atoms with E-state index < -0.39 is 0 Å². The van der Waals surface area contributed by atoms with Gasteiger partial charge >= 0.3 is 0 Å². The third-order valence-electron chi connectivity index (χ3n) is 2.69. The van der Waals surface area contributed by atoms with Crippen molar-refractivity contribution >= 4 is 23.2 Å². The number of halogens is 2. The molecule has 0 aliphatic carbocycles. The van der Waals surface area contributed by atoms with Crippen molar-refractivity contribution in [3.63, 3.8) is 0 Å². The van der Waals surface area contributed by atoms with Crippen molar-refractivity contribution in [2.75, 3.05) is 0 Å². The molecule has 0 radical (unpaired) electrons. The zero-order valence-electron chi connectivity index (χ0n) is 9.45. The highest BCUT2D eigenvalue weighted by Gasteiger charge is 2.12. The molecule has 0 aromatic heterocycles. The average Bonchev–Trinajstić information content (AvgIpc) is 2.33. The van der Waals surface area contributed by atoms with Crippen LogP contribution in [-0.2, 0) is 0 Å². The number of hydrogen-bond donors (Lipinski definition) is 1. The minimum atomic E-state index is -0.0405. The van der Waals surface area contributed by atoms with E-state index in [1.165, 1.54) is 0 Å². The zero-order chi connectivity index (χ0) is 12.4. The first-order chi connectivity index (χ1) is 8.11. The molecule has 0 amide bonds. The lowest BCUT2D eigenvalue weighted by molar-refractivity contribution is 0.820. The van der Waals surface area contributed by atoms with Gasteiger partial charge < -0.3 is 5.73 Å². The minimum absolute atomic E-state index is 0.0405. The first-order valence-corrected chi connectivity index (χ1v) is 6.15. The van der Waals surface area contributed by atoms with Crippen LogP contribution in [0.15, 0.2) is 42.5 Å². The summed E-state index contributed by atoms with van der Waals surface area (Å²) in [6.07, 6.45) is 0. The zero-order valence-corrected chi connectivity index (χ0v) is 11.0. The molecule has 2 rings (SSSR count). The van der Waals surface area contributed by atoms with Crippen LogP contribution in [0.4, 0.5) is 0 Å². The number of rotatable bonds is 2. The summed E-state index contributed by atoms with van der Waals surface area (Å²) in [5.74, 6) is 0. The fourth-order valence-corrected chi connectivity index (χ4v) is 2.25. The molecule has 0 bridgehead atoms. The van der Waals surface area contributed by atoms with Gasteiger partial charge in [0.15, 0.2) is 0 Å². The summed E-state index contributed by atoms with van der Waals surface area (Å²) in [6, 6.07) is 13.5. The third-order valence-corrected chi connectivity index (χ3v) is 3.51. The molecule has 2 N–H and O–H groups in total. The third kappa shape index (κ3) is 2.47. The predicted molar refractivity (Wildman–Crippen MR) is 74.5 cm³/mol. The van der Waals surface area contributed by atoms with E-state index in [4.69, 9.17) is 28.9 Å². The first kappa shape index (κ1) is 12.4. The molecule has 0 spiro atoms. The second-order valence-corrected chi connectivity index (χ2v) is 4.76. The fourth-order valence-electron chi connectivity index (χ4n) is 1.85. The van der Waals surface area contributed by atoms with Crippen LogP contribution >= 0.6 is 23.2 Å².